The minimum absolute atomic E-state index is 0.0184. The van der Waals surface area contributed by atoms with Crippen molar-refractivity contribution in [3.05, 3.63) is 11.6 Å². The highest BCUT2D eigenvalue weighted by Crippen LogP contribution is 2.76. The lowest BCUT2D eigenvalue weighted by molar-refractivity contribution is -0.339. The van der Waals surface area contributed by atoms with Crippen LogP contribution in [0.3, 0.4) is 0 Å². The van der Waals surface area contributed by atoms with Crippen LogP contribution < -0.4 is 0 Å². The van der Waals surface area contributed by atoms with Crippen molar-refractivity contribution in [1.82, 2.24) is 0 Å². The first-order valence-corrected chi connectivity index (χ1v) is 21.0. The van der Waals surface area contributed by atoms with Gasteiger partial charge >= 0.3 is 0 Å². The number of hydrogen-bond acceptors (Lipinski definition) is 14. The predicted octanol–water partition coefficient (Wildman–Crippen LogP) is 1.12. The maximum Gasteiger partial charge on any atom is 0.187 e. The summed E-state index contributed by atoms with van der Waals surface area (Å²) in [6.45, 7) is 13.7. The second-order valence-electron chi connectivity index (χ2n) is 20.0. The van der Waals surface area contributed by atoms with E-state index in [9.17, 15) is 51.1 Å². The zero-order chi connectivity index (χ0) is 41.3. The Labute approximate surface area is 331 Å². The van der Waals surface area contributed by atoms with E-state index in [0.29, 0.717) is 32.1 Å². The van der Waals surface area contributed by atoms with Crippen LogP contribution in [0.15, 0.2) is 11.6 Å². The summed E-state index contributed by atoms with van der Waals surface area (Å²) in [5.74, 6) is -0.420. The highest BCUT2D eigenvalue weighted by atomic mass is 16.7. The van der Waals surface area contributed by atoms with Crippen molar-refractivity contribution in [3.8, 4) is 0 Å². The number of allylic oxidation sites excluding steroid dienone is 2. The summed E-state index contributed by atoms with van der Waals surface area (Å²) in [6, 6.07) is 0. The molecule has 324 valence electrons. The Bertz CT molecular complexity index is 1390. The van der Waals surface area contributed by atoms with Gasteiger partial charge in [-0.1, -0.05) is 39.3 Å². The topological polar surface area (TPSA) is 239 Å². The standard InChI is InChI=1S/C42H72O14/c1-21(2)9-8-13-41(7,56-37-35(52)33(50)31(48)25(19-44)54-37)22-10-14-40(6)29(22)23(46)17-27-39(40,5)15-11-26-38(3,4)28(12-16-42(26,27)20-45)55-36-34(51)32(49)30(47)24(18-43)53-36/h9,22-37,43-52H,8,10-20H2,1-7H3/t22-,23+,24+,25+,26+,27-,28+,29-,30+,31+,32-,33-,34+,35+,36-,37-,39+,40+,41-,42-/m0/s1. The molecule has 0 radical (unpaired) electrons. The van der Waals surface area contributed by atoms with Crippen LogP contribution >= 0.6 is 0 Å². The molecule has 6 fully saturated rings. The van der Waals surface area contributed by atoms with Gasteiger partial charge in [0.05, 0.1) is 31.0 Å². The molecule has 4 saturated carbocycles. The molecule has 0 aromatic heterocycles. The summed E-state index contributed by atoms with van der Waals surface area (Å²) in [7, 11) is 0. The van der Waals surface area contributed by atoms with Gasteiger partial charge in [0.1, 0.15) is 48.8 Å². The van der Waals surface area contributed by atoms with Crippen LogP contribution in [0.1, 0.15) is 106 Å². The lowest BCUT2D eigenvalue weighted by Crippen LogP contribution is -2.69. The van der Waals surface area contributed by atoms with Crippen LogP contribution in [0.2, 0.25) is 0 Å². The molecule has 0 aromatic rings. The van der Waals surface area contributed by atoms with Gasteiger partial charge in [-0.3, -0.25) is 0 Å². The van der Waals surface area contributed by atoms with Gasteiger partial charge in [0.2, 0.25) is 0 Å². The average Bonchev–Trinajstić information content (AvgIpc) is 3.54. The Morgan fingerprint density at radius 1 is 0.714 bits per heavy atom. The quantitative estimate of drug-likeness (QED) is 0.104. The Kier molecular flexibility index (Phi) is 13.0. The summed E-state index contributed by atoms with van der Waals surface area (Å²) in [4.78, 5) is 0. The molecular formula is C42H72O14. The van der Waals surface area contributed by atoms with E-state index in [-0.39, 0.29) is 41.1 Å². The van der Waals surface area contributed by atoms with Crippen molar-refractivity contribution in [3.63, 3.8) is 0 Å². The summed E-state index contributed by atoms with van der Waals surface area (Å²) in [5.41, 5.74) is -1.50. The van der Waals surface area contributed by atoms with Crippen LogP contribution in [-0.2, 0) is 18.9 Å². The lowest BCUT2D eigenvalue weighted by atomic mass is 9.34. The number of rotatable bonds is 11. The largest absolute Gasteiger partial charge is 0.396 e. The minimum atomic E-state index is -1.58. The van der Waals surface area contributed by atoms with Crippen molar-refractivity contribution >= 4 is 0 Å². The van der Waals surface area contributed by atoms with E-state index < -0.39 is 103 Å². The Hall–Kier alpha value is -0.820. The van der Waals surface area contributed by atoms with Crippen LogP contribution in [0.4, 0.5) is 0 Å². The van der Waals surface area contributed by atoms with Gasteiger partial charge in [-0.05, 0) is 118 Å². The van der Waals surface area contributed by atoms with E-state index in [2.05, 4.69) is 33.8 Å². The maximum absolute atomic E-state index is 12.5. The normalized spacial score (nSPS) is 51.3. The van der Waals surface area contributed by atoms with Crippen molar-refractivity contribution in [2.45, 2.75) is 185 Å². The first-order valence-electron chi connectivity index (χ1n) is 21.0. The van der Waals surface area contributed by atoms with Gasteiger partial charge < -0.3 is 70.0 Å². The first-order chi connectivity index (χ1) is 26.2. The molecule has 2 aliphatic heterocycles. The molecular weight excluding hydrogens is 728 g/mol. The van der Waals surface area contributed by atoms with Crippen LogP contribution in [-0.4, -0.2) is 150 Å². The molecule has 0 spiro atoms. The fraction of sp³-hybridized carbons (Fsp3) is 0.952. The zero-order valence-electron chi connectivity index (χ0n) is 34.4. The monoisotopic (exact) mass is 800 g/mol. The fourth-order valence-corrected chi connectivity index (χ4v) is 13.4. The van der Waals surface area contributed by atoms with Crippen molar-refractivity contribution in [2.75, 3.05) is 19.8 Å². The number of aliphatic hydroxyl groups is 10. The molecule has 0 unspecified atom stereocenters. The molecule has 56 heavy (non-hydrogen) atoms. The maximum atomic E-state index is 12.5. The number of fused-ring (bicyclic) bond motifs is 5. The fourth-order valence-electron chi connectivity index (χ4n) is 13.4. The highest BCUT2D eigenvalue weighted by molar-refractivity contribution is 5.21. The number of aliphatic hydroxyl groups excluding tert-OH is 10. The van der Waals surface area contributed by atoms with Crippen LogP contribution in [0, 0.1) is 45.3 Å². The van der Waals surface area contributed by atoms with Crippen LogP contribution in [0.5, 0.6) is 0 Å². The second kappa shape index (κ2) is 16.2. The van der Waals surface area contributed by atoms with Gasteiger partial charge in [-0.15, -0.1) is 0 Å². The first kappa shape index (κ1) is 44.7. The third kappa shape index (κ3) is 7.06. The van der Waals surface area contributed by atoms with Gasteiger partial charge in [-0.2, -0.15) is 0 Å². The molecule has 10 N–H and O–H groups in total. The SMILES string of the molecule is CC(C)=CCC[C@](C)(O[C@@H]1O[C@H](CO)[C@@H](O)[C@H](O)[C@H]1O)[C@H]1CC[C@]2(C)[C@@H]1[C@H](O)C[C@@H]1[C@]3(CO)CC[C@@H](O[C@@H]4O[C@H](CO)[C@@H](O)[C@H](O)[C@H]4O)C(C)(C)[C@H]3CC[C@]12C. The smallest absolute Gasteiger partial charge is 0.187 e. The Balaban J connectivity index is 1.28. The van der Waals surface area contributed by atoms with E-state index >= 15 is 0 Å². The molecule has 14 nitrogen and oxygen atoms in total. The molecule has 0 aromatic carbocycles. The summed E-state index contributed by atoms with van der Waals surface area (Å²) >= 11 is 0. The second-order valence-corrected chi connectivity index (χ2v) is 20.0. The van der Waals surface area contributed by atoms with E-state index in [1.807, 2.05) is 20.8 Å². The van der Waals surface area contributed by atoms with Crippen molar-refractivity contribution in [2.24, 2.45) is 45.3 Å². The van der Waals surface area contributed by atoms with Crippen LogP contribution in [0.25, 0.3) is 0 Å². The molecule has 0 bridgehead atoms. The van der Waals surface area contributed by atoms with Gasteiger partial charge in [0.15, 0.2) is 12.6 Å². The van der Waals surface area contributed by atoms with E-state index in [0.717, 1.165) is 31.3 Å². The third-order valence-electron chi connectivity index (χ3n) is 16.7. The van der Waals surface area contributed by atoms with Gasteiger partial charge in [-0.25, -0.2) is 0 Å². The number of hydrogen-bond donors (Lipinski definition) is 10. The Morgan fingerprint density at radius 2 is 1.29 bits per heavy atom. The molecule has 4 aliphatic carbocycles. The third-order valence-corrected chi connectivity index (χ3v) is 16.7. The Morgan fingerprint density at radius 3 is 1.86 bits per heavy atom. The van der Waals surface area contributed by atoms with Crippen molar-refractivity contribution in [1.29, 1.82) is 0 Å². The van der Waals surface area contributed by atoms with Gasteiger partial charge in [0, 0.05) is 12.0 Å². The highest BCUT2D eigenvalue weighted by Gasteiger charge is 2.73. The minimum Gasteiger partial charge on any atom is -0.396 e. The zero-order valence-corrected chi connectivity index (χ0v) is 34.4. The van der Waals surface area contributed by atoms with Crippen molar-refractivity contribution < 1.29 is 70.0 Å². The molecule has 2 saturated heterocycles. The van der Waals surface area contributed by atoms with E-state index in [1.165, 1.54) is 0 Å². The average molecular weight is 801 g/mol. The summed E-state index contributed by atoms with van der Waals surface area (Å²) in [6.07, 6.45) is -6.97. The molecule has 6 rings (SSSR count). The molecule has 0 amide bonds. The predicted molar refractivity (Wildman–Crippen MR) is 202 cm³/mol. The molecule has 14 heteroatoms. The summed E-state index contributed by atoms with van der Waals surface area (Å²) < 4.78 is 24.8. The lowest BCUT2D eigenvalue weighted by Gasteiger charge is -2.71. The molecule has 6 aliphatic rings. The summed E-state index contributed by atoms with van der Waals surface area (Å²) in [5, 5.41) is 108. The molecule has 2 heterocycles. The van der Waals surface area contributed by atoms with Gasteiger partial charge in [0.25, 0.3) is 0 Å². The van der Waals surface area contributed by atoms with E-state index in [4.69, 9.17) is 18.9 Å². The number of ether oxygens (including phenoxy) is 4. The molecule has 20 atom stereocenters. The van der Waals surface area contributed by atoms with E-state index in [1.54, 1.807) is 0 Å².